The van der Waals surface area contributed by atoms with Crippen LogP contribution >= 0.6 is 0 Å². The van der Waals surface area contributed by atoms with E-state index in [0.29, 0.717) is 0 Å². The molecule has 0 atom stereocenters. The molecule has 1 aromatic carbocycles. The van der Waals surface area contributed by atoms with Crippen molar-refractivity contribution in [2.75, 3.05) is 0 Å². The van der Waals surface area contributed by atoms with E-state index in [4.69, 9.17) is 0 Å². The Labute approximate surface area is 233 Å². The maximum absolute atomic E-state index is 2.00. The summed E-state index contributed by atoms with van der Waals surface area (Å²) in [6.45, 7) is 0. The summed E-state index contributed by atoms with van der Waals surface area (Å²) < 4.78 is 0. The summed E-state index contributed by atoms with van der Waals surface area (Å²) in [5, 5.41) is 0. The van der Waals surface area contributed by atoms with Gasteiger partial charge in [-0.1, -0.05) is 36.4 Å². The molecule has 0 aromatic heterocycles. The minimum atomic E-state index is 0. The van der Waals surface area contributed by atoms with Crippen molar-refractivity contribution in [3.63, 3.8) is 0 Å². The molecule has 10 heavy (non-hydrogen) atoms. The van der Waals surface area contributed by atoms with Gasteiger partial charge in [0, 0.05) is 206 Å². The van der Waals surface area contributed by atoms with E-state index in [1.54, 1.807) is 0 Å². The van der Waals surface area contributed by atoms with Crippen LogP contribution in [0.2, 0.25) is 0 Å². The van der Waals surface area contributed by atoms with Gasteiger partial charge in [-0.15, -0.1) is 0 Å². The summed E-state index contributed by atoms with van der Waals surface area (Å²) in [7, 11) is 0. The molecule has 0 unspecified atom stereocenters. The minimum absolute atomic E-state index is 0. The van der Waals surface area contributed by atoms with Crippen LogP contribution in [0.5, 0.6) is 0 Å². The van der Waals surface area contributed by atoms with Gasteiger partial charge >= 0.3 is 0 Å². The van der Waals surface area contributed by atoms with Gasteiger partial charge in [-0.05, 0) is 0 Å². The van der Waals surface area contributed by atoms with Crippen LogP contribution < -0.4 is 0 Å². The molecule has 0 bridgehead atoms. The van der Waals surface area contributed by atoms with Crippen LogP contribution in [0.25, 0.3) is 0 Å². The Morgan fingerprint density at radius 3 is 0.500 bits per heavy atom. The van der Waals surface area contributed by atoms with E-state index in [-0.39, 0.29) is 206 Å². The van der Waals surface area contributed by atoms with Crippen molar-refractivity contribution in [3.8, 4) is 0 Å². The Morgan fingerprint density at radius 1 is 0.300 bits per heavy atom. The maximum Gasteiger partial charge on any atom is 0 e. The third kappa shape index (κ3) is 16.2. The van der Waals surface area contributed by atoms with Crippen molar-refractivity contribution in [2.24, 2.45) is 0 Å². The van der Waals surface area contributed by atoms with E-state index in [1.807, 2.05) is 36.4 Å². The fourth-order valence-corrected chi connectivity index (χ4v) is 0.385. The normalized spacial score (nSPS) is 4.80. The Balaban J connectivity index is -0.0000000450. The quantitative estimate of drug-likeness (QED) is 0.561. The van der Waals surface area contributed by atoms with Gasteiger partial charge in [0.25, 0.3) is 0 Å². The predicted molar refractivity (Wildman–Crippen MR) is 49.5 cm³/mol. The molecule has 0 amide bonds. The molecule has 0 aliphatic carbocycles. The zero-order valence-electron chi connectivity index (χ0n) is 7.46. The van der Waals surface area contributed by atoms with E-state index < -0.39 is 0 Å². The van der Waals surface area contributed by atoms with Crippen LogP contribution in [0.1, 0.15) is 0 Å². The van der Waals surface area contributed by atoms with E-state index in [9.17, 15) is 0 Å². The average Bonchev–Trinajstić information content (AvgIpc) is 1.72. The smallest absolute Gasteiger partial charge is 0 e. The van der Waals surface area contributed by atoms with Crippen LogP contribution in [-0.4, -0.2) is 206 Å². The van der Waals surface area contributed by atoms with Crippen LogP contribution in [0, 0.1) is 0 Å². The van der Waals surface area contributed by atoms with Crippen LogP contribution in [0.3, 0.4) is 0 Å². The van der Waals surface area contributed by atoms with E-state index in [0.717, 1.165) is 0 Å². The van der Waals surface area contributed by atoms with Crippen molar-refractivity contribution < 1.29 is 0 Å². The van der Waals surface area contributed by atoms with Gasteiger partial charge in [-0.2, -0.15) is 0 Å². The third-order valence-electron chi connectivity index (χ3n) is 0.667. The molecule has 0 nitrogen and oxygen atoms in total. The van der Waals surface area contributed by atoms with Crippen molar-refractivity contribution in [2.45, 2.75) is 0 Å². The first kappa shape index (κ1) is 24.8. The monoisotopic (exact) mass is 234 g/mol. The molecule has 1 rings (SSSR count). The molecule has 0 saturated heterocycles. The summed E-state index contributed by atoms with van der Waals surface area (Å²) >= 11 is 0. The van der Waals surface area contributed by atoms with Gasteiger partial charge in [0.2, 0.25) is 0 Å². The second-order valence-electron chi connectivity index (χ2n) is 1.15. The Bertz CT molecular complexity index is 81.7. The molecule has 0 aliphatic heterocycles. The summed E-state index contributed by atoms with van der Waals surface area (Å²) in [5.41, 5.74) is 0. The number of hydrogen-bond donors (Lipinski definition) is 0. The molecule has 4 heteroatoms. The minimum Gasteiger partial charge on any atom is -0.0623 e. The van der Waals surface area contributed by atoms with Gasteiger partial charge in [0.15, 0.2) is 0 Å². The number of benzene rings is 1. The molecule has 4 radical (unpaired) electrons. The van der Waals surface area contributed by atoms with Gasteiger partial charge in [0.05, 0.1) is 0 Å². The Morgan fingerprint density at radius 2 is 0.400 bits per heavy atom. The zero-order chi connectivity index (χ0) is 4.24. The first-order valence-corrected chi connectivity index (χ1v) is 2.00. The standard InChI is InChI=1S/C6H6.4K/c1-2-4-6-5-3-1;;;;/h1-6H;;;;. The first-order valence-electron chi connectivity index (χ1n) is 2.00. The molecule has 0 spiro atoms. The fraction of sp³-hybridized carbons (Fsp3) is 0. The molecule has 34 valence electrons. The molecule has 0 N–H and O–H groups in total. The van der Waals surface area contributed by atoms with Crippen LogP contribution in [-0.2, 0) is 0 Å². The molecule has 0 saturated carbocycles. The summed E-state index contributed by atoms with van der Waals surface area (Å²) in [6, 6.07) is 12.0. The fourth-order valence-electron chi connectivity index (χ4n) is 0.385. The summed E-state index contributed by atoms with van der Waals surface area (Å²) in [5.74, 6) is 0. The van der Waals surface area contributed by atoms with Gasteiger partial charge in [-0.25, -0.2) is 0 Å². The molecular formula is C6H6K4. The largest absolute Gasteiger partial charge is 0.0623 e. The van der Waals surface area contributed by atoms with Crippen LogP contribution in [0.4, 0.5) is 0 Å². The van der Waals surface area contributed by atoms with Gasteiger partial charge in [0.1, 0.15) is 0 Å². The third-order valence-corrected chi connectivity index (χ3v) is 0.667. The van der Waals surface area contributed by atoms with E-state index in [2.05, 4.69) is 0 Å². The Hall–Kier alpha value is 5.77. The number of rotatable bonds is 0. The van der Waals surface area contributed by atoms with Crippen molar-refractivity contribution >= 4 is 206 Å². The second-order valence-corrected chi connectivity index (χ2v) is 1.15. The summed E-state index contributed by atoms with van der Waals surface area (Å²) in [6.07, 6.45) is 0. The van der Waals surface area contributed by atoms with Crippen molar-refractivity contribution in [3.05, 3.63) is 36.4 Å². The molecular weight excluding hydrogens is 228 g/mol. The maximum atomic E-state index is 2.00. The SMILES string of the molecule is [K].[K].[K].[K].c1ccccc1. The van der Waals surface area contributed by atoms with Gasteiger partial charge < -0.3 is 0 Å². The topological polar surface area (TPSA) is 0 Å². The molecule has 1 aromatic rings. The average molecular weight is 235 g/mol. The van der Waals surface area contributed by atoms with Gasteiger partial charge in [-0.3, -0.25) is 0 Å². The predicted octanol–water partition coefficient (Wildman–Crippen LogP) is 0.163. The second kappa shape index (κ2) is 20.2. The van der Waals surface area contributed by atoms with Crippen LogP contribution in [0.15, 0.2) is 36.4 Å². The number of hydrogen-bond acceptors (Lipinski definition) is 0. The van der Waals surface area contributed by atoms with Crippen molar-refractivity contribution in [1.82, 2.24) is 0 Å². The summed E-state index contributed by atoms with van der Waals surface area (Å²) in [4.78, 5) is 0. The van der Waals surface area contributed by atoms with Crippen molar-refractivity contribution in [1.29, 1.82) is 0 Å². The Kier molecular flexibility index (Phi) is 50.2. The first-order chi connectivity index (χ1) is 3.00. The molecule has 0 heterocycles. The molecule has 0 fully saturated rings. The zero-order valence-corrected chi connectivity index (χ0v) is 20.0. The van der Waals surface area contributed by atoms with E-state index in [1.165, 1.54) is 0 Å². The van der Waals surface area contributed by atoms with E-state index >= 15 is 0 Å². The molecule has 0 aliphatic rings.